The summed E-state index contributed by atoms with van der Waals surface area (Å²) in [5.41, 5.74) is 0.453. The van der Waals surface area contributed by atoms with Gasteiger partial charge in [0.25, 0.3) is 15.9 Å². The van der Waals surface area contributed by atoms with E-state index in [9.17, 15) is 18.0 Å². The van der Waals surface area contributed by atoms with Gasteiger partial charge in [-0.3, -0.25) is 9.59 Å². The predicted molar refractivity (Wildman–Crippen MR) is 119 cm³/mol. The molecule has 7 nitrogen and oxygen atoms in total. The fourth-order valence-electron chi connectivity index (χ4n) is 2.93. The van der Waals surface area contributed by atoms with E-state index in [2.05, 4.69) is 5.32 Å². The first kappa shape index (κ1) is 22.7. The molecule has 3 rings (SSSR count). The van der Waals surface area contributed by atoms with Gasteiger partial charge in [-0.25, -0.2) is 8.42 Å². The average Bonchev–Trinajstić information content (AvgIpc) is 3.14. The van der Waals surface area contributed by atoms with Gasteiger partial charge in [-0.1, -0.05) is 38.4 Å². The van der Waals surface area contributed by atoms with E-state index >= 15 is 0 Å². The molecular formula is C20H24ClN3O4S2. The number of anilines is 1. The van der Waals surface area contributed by atoms with Crippen LogP contribution in [-0.4, -0.2) is 55.6 Å². The summed E-state index contributed by atoms with van der Waals surface area (Å²) >= 11 is 6.88. The molecule has 2 heterocycles. The molecule has 1 aromatic carbocycles. The lowest BCUT2D eigenvalue weighted by Gasteiger charge is -2.33. The molecule has 1 aliphatic rings. The molecule has 0 unspecified atom stereocenters. The van der Waals surface area contributed by atoms with Crippen molar-refractivity contribution in [3.63, 3.8) is 0 Å². The predicted octanol–water partition coefficient (Wildman–Crippen LogP) is 3.53. The molecule has 0 aliphatic carbocycles. The summed E-state index contributed by atoms with van der Waals surface area (Å²) in [7, 11) is -3.61. The van der Waals surface area contributed by atoms with Crippen molar-refractivity contribution in [2.24, 2.45) is 5.41 Å². The number of halogens is 1. The Kier molecular flexibility index (Phi) is 6.57. The largest absolute Gasteiger partial charge is 0.336 e. The smallest absolute Gasteiger partial charge is 0.254 e. The van der Waals surface area contributed by atoms with Crippen LogP contribution < -0.4 is 5.32 Å². The number of benzene rings is 1. The van der Waals surface area contributed by atoms with E-state index in [4.69, 9.17) is 11.6 Å². The molecule has 0 saturated carbocycles. The molecule has 0 bridgehead atoms. The van der Waals surface area contributed by atoms with Gasteiger partial charge >= 0.3 is 0 Å². The highest BCUT2D eigenvalue weighted by Gasteiger charge is 2.31. The fourth-order valence-corrected chi connectivity index (χ4v) is 5.99. The van der Waals surface area contributed by atoms with Crippen molar-refractivity contribution in [3.05, 3.63) is 46.3 Å². The number of thiophene rings is 1. The van der Waals surface area contributed by atoms with Gasteiger partial charge in [0.15, 0.2) is 0 Å². The maximum Gasteiger partial charge on any atom is 0.254 e. The number of rotatable bonds is 4. The monoisotopic (exact) mass is 469 g/mol. The van der Waals surface area contributed by atoms with Gasteiger partial charge in [-0.05, 0) is 30.3 Å². The number of carbonyl (C=O) groups excluding carboxylic acids is 2. The molecule has 1 N–H and O–H groups in total. The zero-order valence-corrected chi connectivity index (χ0v) is 19.4. The van der Waals surface area contributed by atoms with Crippen LogP contribution in [0.2, 0.25) is 4.34 Å². The number of piperazine rings is 1. The van der Waals surface area contributed by atoms with Crippen molar-refractivity contribution < 1.29 is 18.0 Å². The highest BCUT2D eigenvalue weighted by molar-refractivity contribution is 7.91. The summed E-state index contributed by atoms with van der Waals surface area (Å²) in [6.07, 6.45) is 0. The molecule has 0 spiro atoms. The van der Waals surface area contributed by atoms with Crippen LogP contribution in [-0.2, 0) is 14.8 Å². The Bertz CT molecular complexity index is 1050. The third-order valence-electron chi connectivity index (χ3n) is 4.72. The van der Waals surface area contributed by atoms with Crippen LogP contribution >= 0.6 is 22.9 Å². The van der Waals surface area contributed by atoms with Crippen LogP contribution in [0, 0.1) is 5.41 Å². The van der Waals surface area contributed by atoms with Crippen molar-refractivity contribution in [2.45, 2.75) is 25.0 Å². The Morgan fingerprint density at radius 1 is 1.07 bits per heavy atom. The minimum atomic E-state index is -3.61. The zero-order chi connectivity index (χ0) is 22.1. The van der Waals surface area contributed by atoms with Crippen LogP contribution in [0.4, 0.5) is 5.69 Å². The first-order chi connectivity index (χ1) is 14.0. The minimum absolute atomic E-state index is 0.139. The maximum atomic E-state index is 12.9. The van der Waals surface area contributed by atoms with Crippen LogP contribution in [0.5, 0.6) is 0 Å². The lowest BCUT2D eigenvalue weighted by atomic mass is 9.95. The zero-order valence-electron chi connectivity index (χ0n) is 17.0. The summed E-state index contributed by atoms with van der Waals surface area (Å²) in [4.78, 5) is 26.7. The summed E-state index contributed by atoms with van der Waals surface area (Å²) in [6.45, 7) is 6.44. The molecule has 1 aliphatic heterocycles. The number of nitrogens with one attached hydrogen (secondary N) is 1. The molecule has 0 atom stereocenters. The van der Waals surface area contributed by atoms with Gasteiger partial charge < -0.3 is 10.2 Å². The lowest BCUT2D eigenvalue weighted by Crippen LogP contribution is -2.50. The second kappa shape index (κ2) is 8.66. The number of amides is 2. The maximum absolute atomic E-state index is 12.9. The first-order valence-corrected chi connectivity index (χ1v) is 12.1. The van der Waals surface area contributed by atoms with Crippen molar-refractivity contribution in [2.75, 3.05) is 31.5 Å². The first-order valence-electron chi connectivity index (χ1n) is 9.45. The SMILES string of the molecule is CC(C)(C)C(=O)Nc1cccc(C(=O)N2CCN(S(=O)(=O)c3ccc(Cl)s3)CC2)c1. The molecule has 10 heteroatoms. The minimum Gasteiger partial charge on any atom is -0.336 e. The fraction of sp³-hybridized carbons (Fsp3) is 0.400. The molecular weight excluding hydrogens is 446 g/mol. The van der Waals surface area contributed by atoms with Gasteiger partial charge in [-0.2, -0.15) is 4.31 Å². The van der Waals surface area contributed by atoms with E-state index in [1.54, 1.807) is 35.2 Å². The van der Waals surface area contributed by atoms with Crippen molar-refractivity contribution in [1.82, 2.24) is 9.21 Å². The molecule has 1 fully saturated rings. The number of hydrogen-bond donors (Lipinski definition) is 1. The highest BCUT2D eigenvalue weighted by atomic mass is 35.5. The summed E-state index contributed by atoms with van der Waals surface area (Å²) < 4.78 is 27.4. The van der Waals surface area contributed by atoms with Gasteiger partial charge in [0.05, 0.1) is 4.34 Å². The Labute approximate surface area is 185 Å². The summed E-state index contributed by atoms with van der Waals surface area (Å²) in [6, 6.07) is 9.83. The Balaban J connectivity index is 1.66. The number of sulfonamides is 1. The van der Waals surface area contributed by atoms with E-state index in [0.29, 0.717) is 15.6 Å². The second-order valence-electron chi connectivity index (χ2n) is 8.04. The van der Waals surface area contributed by atoms with Crippen molar-refractivity contribution >= 4 is 50.5 Å². The molecule has 1 aromatic heterocycles. The lowest BCUT2D eigenvalue weighted by molar-refractivity contribution is -0.123. The van der Waals surface area contributed by atoms with Crippen LogP contribution in [0.25, 0.3) is 0 Å². The van der Waals surface area contributed by atoms with Crippen molar-refractivity contribution in [1.29, 1.82) is 0 Å². The molecule has 2 aromatic rings. The van der Waals surface area contributed by atoms with Crippen molar-refractivity contribution in [3.8, 4) is 0 Å². The van der Waals surface area contributed by atoms with E-state index in [-0.39, 0.29) is 42.2 Å². The summed E-state index contributed by atoms with van der Waals surface area (Å²) in [5.74, 6) is -0.335. The Morgan fingerprint density at radius 2 is 1.73 bits per heavy atom. The van der Waals surface area contributed by atoms with Gasteiger partial charge in [-0.15, -0.1) is 11.3 Å². The van der Waals surface area contributed by atoms with E-state index < -0.39 is 15.4 Å². The topological polar surface area (TPSA) is 86.8 Å². The Morgan fingerprint density at radius 3 is 2.30 bits per heavy atom. The van der Waals surface area contributed by atoms with Gasteiger partial charge in [0.1, 0.15) is 4.21 Å². The quantitative estimate of drug-likeness (QED) is 0.742. The number of nitrogens with zero attached hydrogens (tertiary/aromatic N) is 2. The van der Waals surface area contributed by atoms with E-state index in [1.165, 1.54) is 10.4 Å². The third-order valence-corrected chi connectivity index (χ3v) is 8.31. The standard InChI is InChI=1S/C20H24ClN3O4S2/c1-20(2,3)19(26)22-15-6-4-5-14(13-15)18(25)23-9-11-24(12-10-23)30(27,28)17-8-7-16(21)29-17/h4-8,13H,9-12H2,1-3H3,(H,22,26). The summed E-state index contributed by atoms with van der Waals surface area (Å²) in [5, 5.41) is 2.82. The third kappa shape index (κ3) is 5.03. The Hall–Kier alpha value is -1.94. The molecule has 2 amide bonds. The molecule has 30 heavy (non-hydrogen) atoms. The molecule has 1 saturated heterocycles. The van der Waals surface area contributed by atoms with E-state index in [0.717, 1.165) is 11.3 Å². The van der Waals surface area contributed by atoms with Gasteiger partial charge in [0.2, 0.25) is 5.91 Å². The molecule has 162 valence electrons. The van der Waals surface area contributed by atoms with Crippen LogP contribution in [0.15, 0.2) is 40.6 Å². The van der Waals surface area contributed by atoms with E-state index in [1.807, 2.05) is 20.8 Å². The van der Waals surface area contributed by atoms with Crippen LogP contribution in [0.1, 0.15) is 31.1 Å². The number of hydrogen-bond acceptors (Lipinski definition) is 5. The second-order valence-corrected chi connectivity index (χ2v) is 11.9. The van der Waals surface area contributed by atoms with Crippen LogP contribution in [0.3, 0.4) is 0 Å². The molecule has 0 radical (unpaired) electrons. The average molecular weight is 470 g/mol. The normalized spacial score (nSPS) is 15.8. The highest BCUT2D eigenvalue weighted by Crippen LogP contribution is 2.29. The number of carbonyl (C=O) groups is 2. The van der Waals surface area contributed by atoms with Gasteiger partial charge in [0, 0.05) is 42.8 Å².